The highest BCUT2D eigenvalue weighted by Crippen LogP contribution is 2.33. The Bertz CT molecular complexity index is 1130. The zero-order chi connectivity index (χ0) is 21.8. The minimum absolute atomic E-state index is 0.119. The van der Waals surface area contributed by atoms with Crippen LogP contribution in [-0.2, 0) is 17.9 Å². The summed E-state index contributed by atoms with van der Waals surface area (Å²) < 4.78 is 20.0. The molecule has 1 saturated heterocycles. The van der Waals surface area contributed by atoms with E-state index >= 15 is 0 Å². The number of carbonyl (C=O) groups excluding carboxylic acids is 2. The topological polar surface area (TPSA) is 46.6 Å². The third-order valence-corrected chi connectivity index (χ3v) is 6.25. The minimum atomic E-state index is -0.358. The number of halogens is 2. The van der Waals surface area contributed by atoms with Crippen molar-refractivity contribution in [1.82, 2.24) is 4.90 Å². The molecule has 0 unspecified atom stereocenters. The molecule has 31 heavy (non-hydrogen) atoms. The van der Waals surface area contributed by atoms with Gasteiger partial charge in [-0.1, -0.05) is 36.4 Å². The van der Waals surface area contributed by atoms with Gasteiger partial charge in [0.1, 0.15) is 18.2 Å². The van der Waals surface area contributed by atoms with E-state index in [2.05, 4.69) is 22.6 Å². The first-order chi connectivity index (χ1) is 15.0. The molecular formula is C24H17FINO3S. The van der Waals surface area contributed by atoms with Crippen LogP contribution in [0.15, 0.2) is 77.7 Å². The summed E-state index contributed by atoms with van der Waals surface area (Å²) in [5.74, 6) is 0.0160. The second kappa shape index (κ2) is 9.65. The van der Waals surface area contributed by atoms with Crippen LogP contribution in [0.2, 0.25) is 0 Å². The first-order valence-corrected chi connectivity index (χ1v) is 11.3. The zero-order valence-corrected chi connectivity index (χ0v) is 19.2. The molecule has 1 fully saturated rings. The van der Waals surface area contributed by atoms with Gasteiger partial charge >= 0.3 is 0 Å². The Morgan fingerprint density at radius 2 is 1.55 bits per heavy atom. The van der Waals surface area contributed by atoms with Gasteiger partial charge in [-0.25, -0.2) is 4.39 Å². The van der Waals surface area contributed by atoms with E-state index in [1.54, 1.807) is 18.2 Å². The van der Waals surface area contributed by atoms with Gasteiger partial charge in [0.15, 0.2) is 0 Å². The number of hydrogen-bond acceptors (Lipinski definition) is 4. The highest BCUT2D eigenvalue weighted by atomic mass is 127. The summed E-state index contributed by atoms with van der Waals surface area (Å²) in [5.41, 5.74) is 2.58. The van der Waals surface area contributed by atoms with E-state index in [1.807, 2.05) is 48.5 Å². The highest BCUT2D eigenvalue weighted by molar-refractivity contribution is 14.1. The molecule has 1 aliphatic rings. The van der Waals surface area contributed by atoms with E-state index in [-0.39, 0.29) is 23.5 Å². The molecule has 3 aromatic carbocycles. The Morgan fingerprint density at radius 3 is 2.23 bits per heavy atom. The third-order valence-electron chi connectivity index (χ3n) is 4.62. The SMILES string of the molecule is O=C1SC(=Cc2ccc(OCc3ccc(I)cc3)cc2)C(=O)N1Cc1ccc(F)cc1. The molecule has 0 spiro atoms. The summed E-state index contributed by atoms with van der Waals surface area (Å²) in [5, 5.41) is -0.335. The summed E-state index contributed by atoms with van der Waals surface area (Å²) in [6.07, 6.45) is 1.69. The smallest absolute Gasteiger partial charge is 0.293 e. The number of benzene rings is 3. The van der Waals surface area contributed by atoms with E-state index in [0.29, 0.717) is 17.1 Å². The number of rotatable bonds is 6. The van der Waals surface area contributed by atoms with Crippen LogP contribution < -0.4 is 4.74 Å². The quantitative estimate of drug-likeness (QED) is 0.272. The lowest BCUT2D eigenvalue weighted by Gasteiger charge is -2.12. The van der Waals surface area contributed by atoms with Crippen LogP contribution in [0.5, 0.6) is 5.75 Å². The van der Waals surface area contributed by atoms with Crippen LogP contribution in [0.3, 0.4) is 0 Å². The van der Waals surface area contributed by atoms with E-state index in [4.69, 9.17) is 4.74 Å². The molecule has 7 heteroatoms. The molecule has 1 aliphatic heterocycles. The van der Waals surface area contributed by atoms with Crippen molar-refractivity contribution in [1.29, 1.82) is 0 Å². The average molecular weight is 545 g/mol. The Kier molecular flexibility index (Phi) is 6.72. The van der Waals surface area contributed by atoms with Crippen LogP contribution in [0.25, 0.3) is 6.08 Å². The lowest BCUT2D eigenvalue weighted by Crippen LogP contribution is -2.27. The summed E-state index contributed by atoms with van der Waals surface area (Å²) >= 11 is 3.17. The number of carbonyl (C=O) groups is 2. The van der Waals surface area contributed by atoms with E-state index < -0.39 is 0 Å². The van der Waals surface area contributed by atoms with Crippen molar-refractivity contribution < 1.29 is 18.7 Å². The number of ether oxygens (including phenoxy) is 1. The van der Waals surface area contributed by atoms with E-state index in [9.17, 15) is 14.0 Å². The molecule has 0 aliphatic carbocycles. The lowest BCUT2D eigenvalue weighted by atomic mass is 10.2. The standard InChI is InChI=1S/C24H17FINO3S/c25-19-7-1-17(2-8-19)14-27-23(28)22(31-24(27)29)13-16-5-11-21(12-6-16)30-15-18-3-9-20(26)10-4-18/h1-13H,14-15H2. The van der Waals surface area contributed by atoms with Crippen LogP contribution in [0, 0.1) is 9.39 Å². The second-order valence-electron chi connectivity index (χ2n) is 6.88. The fraction of sp³-hybridized carbons (Fsp3) is 0.0833. The monoisotopic (exact) mass is 545 g/mol. The molecule has 0 aromatic heterocycles. The molecule has 3 aromatic rings. The normalized spacial score (nSPS) is 15.0. The van der Waals surface area contributed by atoms with Crippen LogP contribution in [-0.4, -0.2) is 16.0 Å². The first kappa shape index (κ1) is 21.6. The number of amides is 2. The van der Waals surface area contributed by atoms with Crippen LogP contribution >= 0.6 is 34.4 Å². The van der Waals surface area contributed by atoms with Gasteiger partial charge in [-0.05, 0) is 93.5 Å². The molecule has 0 bridgehead atoms. The van der Waals surface area contributed by atoms with Crippen LogP contribution in [0.1, 0.15) is 16.7 Å². The largest absolute Gasteiger partial charge is 0.489 e. The van der Waals surface area contributed by atoms with Crippen molar-refractivity contribution in [2.75, 3.05) is 0 Å². The number of hydrogen-bond donors (Lipinski definition) is 0. The maximum absolute atomic E-state index is 13.1. The van der Waals surface area contributed by atoms with Gasteiger partial charge in [0.25, 0.3) is 11.1 Å². The predicted octanol–water partition coefficient (Wildman–Crippen LogP) is 6.25. The van der Waals surface area contributed by atoms with Crippen molar-refractivity contribution in [3.8, 4) is 5.75 Å². The van der Waals surface area contributed by atoms with Gasteiger partial charge in [-0.2, -0.15) is 0 Å². The van der Waals surface area contributed by atoms with Gasteiger partial charge in [-0.15, -0.1) is 0 Å². The fourth-order valence-electron chi connectivity index (χ4n) is 2.97. The summed E-state index contributed by atoms with van der Waals surface area (Å²) in [6, 6.07) is 21.2. The Hall–Kier alpha value is -2.65. The van der Waals surface area contributed by atoms with Gasteiger partial charge in [0.2, 0.25) is 0 Å². The number of thioether (sulfide) groups is 1. The van der Waals surface area contributed by atoms with Crippen molar-refractivity contribution >= 4 is 51.6 Å². The average Bonchev–Trinajstić information content (AvgIpc) is 3.03. The molecule has 0 N–H and O–H groups in total. The first-order valence-electron chi connectivity index (χ1n) is 9.45. The van der Waals surface area contributed by atoms with Gasteiger partial charge in [0.05, 0.1) is 11.4 Å². The molecule has 0 radical (unpaired) electrons. The number of nitrogens with zero attached hydrogens (tertiary/aromatic N) is 1. The lowest BCUT2D eigenvalue weighted by molar-refractivity contribution is -0.123. The molecular weight excluding hydrogens is 528 g/mol. The second-order valence-corrected chi connectivity index (χ2v) is 9.12. The fourth-order valence-corrected chi connectivity index (χ4v) is 4.17. The zero-order valence-electron chi connectivity index (χ0n) is 16.3. The van der Waals surface area contributed by atoms with Crippen LogP contribution in [0.4, 0.5) is 9.18 Å². The summed E-state index contributed by atoms with van der Waals surface area (Å²) in [6.45, 7) is 0.589. The summed E-state index contributed by atoms with van der Waals surface area (Å²) in [4.78, 5) is 26.5. The summed E-state index contributed by atoms with van der Waals surface area (Å²) in [7, 11) is 0. The maximum atomic E-state index is 13.1. The molecule has 156 valence electrons. The Morgan fingerprint density at radius 1 is 0.903 bits per heavy atom. The molecule has 1 heterocycles. The molecule has 4 rings (SSSR count). The molecule has 0 saturated carbocycles. The predicted molar refractivity (Wildman–Crippen MR) is 128 cm³/mol. The highest BCUT2D eigenvalue weighted by Gasteiger charge is 2.34. The molecule has 2 amide bonds. The van der Waals surface area contributed by atoms with Crippen molar-refractivity contribution in [2.24, 2.45) is 0 Å². The van der Waals surface area contributed by atoms with Gasteiger partial charge in [0, 0.05) is 3.57 Å². The van der Waals surface area contributed by atoms with Crippen molar-refractivity contribution in [3.63, 3.8) is 0 Å². The van der Waals surface area contributed by atoms with E-state index in [0.717, 1.165) is 28.6 Å². The van der Waals surface area contributed by atoms with Gasteiger partial charge < -0.3 is 4.74 Å². The Balaban J connectivity index is 1.39. The maximum Gasteiger partial charge on any atom is 0.293 e. The number of imide groups is 1. The molecule has 4 nitrogen and oxygen atoms in total. The van der Waals surface area contributed by atoms with E-state index in [1.165, 1.54) is 20.6 Å². The molecule has 0 atom stereocenters. The van der Waals surface area contributed by atoms with Crippen molar-refractivity contribution in [3.05, 3.63) is 104 Å². The minimum Gasteiger partial charge on any atom is -0.489 e. The van der Waals surface area contributed by atoms with Crippen molar-refractivity contribution in [2.45, 2.75) is 13.2 Å². The Labute approximate surface area is 197 Å². The van der Waals surface area contributed by atoms with Gasteiger partial charge in [-0.3, -0.25) is 14.5 Å². The third kappa shape index (κ3) is 5.54.